The molecule has 0 fully saturated rings. The molecule has 1 aromatic rings. The van der Waals surface area contributed by atoms with Crippen LogP contribution in [-0.2, 0) is 5.54 Å². The van der Waals surface area contributed by atoms with Gasteiger partial charge in [0.25, 0.3) is 0 Å². The van der Waals surface area contributed by atoms with Crippen molar-refractivity contribution in [2.24, 2.45) is 5.92 Å². The lowest BCUT2D eigenvalue weighted by Gasteiger charge is -2.36. The molecule has 1 unspecified atom stereocenters. The van der Waals surface area contributed by atoms with E-state index in [1.54, 1.807) is 0 Å². The molecular weight excluding hydrogens is 436 g/mol. The Kier molecular flexibility index (Phi) is 21.5. The highest BCUT2D eigenvalue weighted by atomic mass is 15.1. The molecule has 0 N–H and O–H groups in total. The highest BCUT2D eigenvalue weighted by Gasteiger charge is 2.30. The molecule has 0 bridgehead atoms. The van der Waals surface area contributed by atoms with Gasteiger partial charge < -0.3 is 4.57 Å². The summed E-state index contributed by atoms with van der Waals surface area (Å²) >= 11 is 0. The van der Waals surface area contributed by atoms with E-state index < -0.39 is 0 Å². The van der Waals surface area contributed by atoms with Gasteiger partial charge in [-0.15, -0.1) is 0 Å². The number of hydrogen-bond donors (Lipinski definition) is 0. The molecule has 0 saturated heterocycles. The van der Waals surface area contributed by atoms with Crippen LogP contribution in [0, 0.1) is 5.92 Å². The lowest BCUT2D eigenvalue weighted by molar-refractivity contribution is 0.181. The molecule has 0 aliphatic heterocycles. The number of unbranched alkanes of at least 4 members (excludes halogenated alkanes) is 21. The fourth-order valence-corrected chi connectivity index (χ4v) is 5.95. The summed E-state index contributed by atoms with van der Waals surface area (Å²) in [7, 11) is 0. The molecule has 1 aromatic heterocycles. The van der Waals surface area contributed by atoms with Gasteiger partial charge in [0, 0.05) is 17.9 Å². The van der Waals surface area contributed by atoms with E-state index in [1.165, 1.54) is 161 Å². The minimum atomic E-state index is 0.174. The molecule has 1 rings (SSSR count). The Hall–Kier alpha value is -0.790. The Morgan fingerprint density at radius 2 is 0.861 bits per heavy atom. The van der Waals surface area contributed by atoms with Gasteiger partial charge in [0.1, 0.15) is 0 Å². The van der Waals surface area contributed by atoms with Crippen molar-refractivity contribution in [3.05, 3.63) is 18.7 Å². The molecule has 2 nitrogen and oxygen atoms in total. The maximum absolute atomic E-state index is 4.36. The predicted octanol–water partition coefficient (Wildman–Crippen LogP) is 12.0. The van der Waals surface area contributed by atoms with Crippen LogP contribution in [0.25, 0.3) is 0 Å². The number of hydrogen-bond acceptors (Lipinski definition) is 1. The smallest absolute Gasteiger partial charge is 0.0951 e. The minimum absolute atomic E-state index is 0.174. The Labute approximate surface area is 227 Å². The van der Waals surface area contributed by atoms with Gasteiger partial charge in [-0.25, -0.2) is 4.98 Å². The largest absolute Gasteiger partial charge is 0.332 e. The summed E-state index contributed by atoms with van der Waals surface area (Å²) in [5, 5.41) is 0. The SMILES string of the molecule is CCCCCCCCCCCCCCCCCC(CCCCCCCCCC)C(C)(C)n1ccnc1. The standard InChI is InChI=1S/C34H66N2/c1-5-7-9-11-13-15-16-17-18-19-20-21-23-25-27-29-33(34(3,4)36-31-30-35-32-36)28-26-24-22-14-12-10-8-6-2/h30-33H,5-29H2,1-4H3. The van der Waals surface area contributed by atoms with Gasteiger partial charge in [0.2, 0.25) is 0 Å². The lowest BCUT2D eigenvalue weighted by atomic mass is 9.79. The van der Waals surface area contributed by atoms with Gasteiger partial charge in [-0.1, -0.05) is 162 Å². The molecule has 2 heteroatoms. The Morgan fingerprint density at radius 3 is 1.17 bits per heavy atom. The van der Waals surface area contributed by atoms with Crippen LogP contribution in [0.2, 0.25) is 0 Å². The van der Waals surface area contributed by atoms with Gasteiger partial charge >= 0.3 is 0 Å². The van der Waals surface area contributed by atoms with Crippen molar-refractivity contribution in [2.45, 2.75) is 194 Å². The number of nitrogens with zero attached hydrogens (tertiary/aromatic N) is 2. The Bertz CT molecular complexity index is 548. The second kappa shape index (κ2) is 23.3. The van der Waals surface area contributed by atoms with Gasteiger partial charge in [-0.3, -0.25) is 0 Å². The zero-order chi connectivity index (χ0) is 26.2. The van der Waals surface area contributed by atoms with E-state index in [1.807, 2.05) is 12.5 Å². The minimum Gasteiger partial charge on any atom is -0.332 e. The third kappa shape index (κ3) is 16.9. The summed E-state index contributed by atoms with van der Waals surface area (Å²) in [6.45, 7) is 9.49. The quantitative estimate of drug-likeness (QED) is 0.109. The summed E-state index contributed by atoms with van der Waals surface area (Å²) in [5.74, 6) is 0.758. The summed E-state index contributed by atoms with van der Waals surface area (Å²) in [4.78, 5) is 4.36. The molecule has 0 aliphatic rings. The first kappa shape index (κ1) is 33.2. The second-order valence-electron chi connectivity index (χ2n) is 12.3. The Balaban J connectivity index is 2.14. The third-order valence-electron chi connectivity index (χ3n) is 8.73. The highest BCUT2D eigenvalue weighted by Crippen LogP contribution is 2.34. The van der Waals surface area contributed by atoms with Crippen molar-refractivity contribution in [1.82, 2.24) is 9.55 Å². The summed E-state index contributed by atoms with van der Waals surface area (Å²) in [6.07, 6.45) is 41.9. The average Bonchev–Trinajstić information content (AvgIpc) is 3.42. The topological polar surface area (TPSA) is 17.8 Å². The summed E-state index contributed by atoms with van der Waals surface area (Å²) in [5.41, 5.74) is 0.174. The van der Waals surface area contributed by atoms with Crippen molar-refractivity contribution >= 4 is 0 Å². The average molecular weight is 503 g/mol. The number of aromatic nitrogens is 2. The second-order valence-corrected chi connectivity index (χ2v) is 12.3. The predicted molar refractivity (Wildman–Crippen MR) is 162 cm³/mol. The fourth-order valence-electron chi connectivity index (χ4n) is 5.95. The van der Waals surface area contributed by atoms with Crippen molar-refractivity contribution in [3.63, 3.8) is 0 Å². The molecule has 0 aliphatic carbocycles. The van der Waals surface area contributed by atoms with Crippen LogP contribution in [0.3, 0.4) is 0 Å². The van der Waals surface area contributed by atoms with Crippen LogP contribution in [0.1, 0.15) is 188 Å². The van der Waals surface area contributed by atoms with Gasteiger partial charge in [0.05, 0.1) is 6.33 Å². The summed E-state index contributed by atoms with van der Waals surface area (Å²) in [6, 6.07) is 0. The van der Waals surface area contributed by atoms with E-state index in [4.69, 9.17) is 0 Å². The van der Waals surface area contributed by atoms with Crippen LogP contribution < -0.4 is 0 Å². The van der Waals surface area contributed by atoms with Crippen molar-refractivity contribution < 1.29 is 0 Å². The highest BCUT2D eigenvalue weighted by molar-refractivity contribution is 4.90. The number of imidazole rings is 1. The van der Waals surface area contributed by atoms with Gasteiger partial charge in [-0.2, -0.15) is 0 Å². The van der Waals surface area contributed by atoms with Gasteiger partial charge in [0.15, 0.2) is 0 Å². The fraction of sp³-hybridized carbons (Fsp3) is 0.912. The van der Waals surface area contributed by atoms with Crippen LogP contribution in [0.15, 0.2) is 18.7 Å². The molecule has 1 heterocycles. The van der Waals surface area contributed by atoms with E-state index in [9.17, 15) is 0 Å². The van der Waals surface area contributed by atoms with Crippen LogP contribution in [0.5, 0.6) is 0 Å². The van der Waals surface area contributed by atoms with E-state index in [2.05, 4.69) is 43.4 Å². The lowest BCUT2D eigenvalue weighted by Crippen LogP contribution is -2.34. The monoisotopic (exact) mass is 503 g/mol. The molecular formula is C34H66N2. The first-order chi connectivity index (χ1) is 17.6. The molecule has 0 spiro atoms. The van der Waals surface area contributed by atoms with E-state index >= 15 is 0 Å². The molecule has 36 heavy (non-hydrogen) atoms. The zero-order valence-electron chi connectivity index (χ0n) is 25.4. The summed E-state index contributed by atoms with van der Waals surface area (Å²) < 4.78 is 2.37. The van der Waals surface area contributed by atoms with E-state index in [0.29, 0.717) is 0 Å². The van der Waals surface area contributed by atoms with Crippen molar-refractivity contribution in [2.75, 3.05) is 0 Å². The molecule has 212 valence electrons. The molecule has 1 atom stereocenters. The van der Waals surface area contributed by atoms with Crippen LogP contribution in [-0.4, -0.2) is 9.55 Å². The van der Waals surface area contributed by atoms with E-state index in [-0.39, 0.29) is 5.54 Å². The van der Waals surface area contributed by atoms with Crippen LogP contribution in [0.4, 0.5) is 0 Å². The van der Waals surface area contributed by atoms with Crippen LogP contribution >= 0.6 is 0 Å². The normalized spacial score (nSPS) is 12.9. The maximum atomic E-state index is 4.36. The Morgan fingerprint density at radius 1 is 0.528 bits per heavy atom. The first-order valence-corrected chi connectivity index (χ1v) is 16.6. The molecule has 0 amide bonds. The first-order valence-electron chi connectivity index (χ1n) is 16.6. The maximum Gasteiger partial charge on any atom is 0.0951 e. The zero-order valence-corrected chi connectivity index (χ0v) is 25.4. The molecule has 0 aromatic carbocycles. The van der Waals surface area contributed by atoms with Crippen molar-refractivity contribution in [3.8, 4) is 0 Å². The third-order valence-corrected chi connectivity index (χ3v) is 8.73. The molecule has 0 saturated carbocycles. The van der Waals surface area contributed by atoms with Gasteiger partial charge in [-0.05, 0) is 32.6 Å². The van der Waals surface area contributed by atoms with E-state index in [0.717, 1.165) is 5.92 Å². The number of rotatable bonds is 27. The van der Waals surface area contributed by atoms with Crippen molar-refractivity contribution in [1.29, 1.82) is 0 Å². The molecule has 0 radical (unpaired) electrons.